The second kappa shape index (κ2) is 9.02. The first-order valence-corrected chi connectivity index (χ1v) is 12.1. The fraction of sp³-hybridized carbons (Fsp3) is 0.222. The van der Waals surface area contributed by atoms with Crippen molar-refractivity contribution in [2.75, 3.05) is 5.32 Å². The SMILES string of the molecule is NC(=O)c1cnc(-c2ccc3c(c2)CN(C(=O)C2CC(F)(F)C2)C3)nc1Nc1ccc(-c2cn[nH]c2)cc1. The van der Waals surface area contributed by atoms with Gasteiger partial charge >= 0.3 is 0 Å². The third-order valence-corrected chi connectivity index (χ3v) is 6.97. The summed E-state index contributed by atoms with van der Waals surface area (Å²) in [6.07, 6.45) is 4.13. The van der Waals surface area contributed by atoms with Crippen LogP contribution in [0.1, 0.15) is 34.3 Å². The van der Waals surface area contributed by atoms with Gasteiger partial charge in [0, 0.05) is 61.1 Å². The summed E-state index contributed by atoms with van der Waals surface area (Å²) in [6, 6.07) is 13.2. The van der Waals surface area contributed by atoms with Crippen LogP contribution < -0.4 is 11.1 Å². The average Bonchev–Trinajstić information content (AvgIpc) is 3.57. The predicted molar refractivity (Wildman–Crippen MR) is 135 cm³/mol. The summed E-state index contributed by atoms with van der Waals surface area (Å²) in [4.78, 5) is 35.2. The number of alkyl halides is 2. The second-order valence-corrected chi connectivity index (χ2v) is 9.65. The zero-order valence-corrected chi connectivity index (χ0v) is 20.1. The van der Waals surface area contributed by atoms with E-state index in [1.54, 1.807) is 17.3 Å². The molecular formula is C27H23F2N7O2. The van der Waals surface area contributed by atoms with Crippen LogP contribution in [0.2, 0.25) is 0 Å². The number of carbonyl (C=O) groups excluding carboxylic acids is 2. The van der Waals surface area contributed by atoms with Gasteiger partial charge < -0.3 is 16.0 Å². The summed E-state index contributed by atoms with van der Waals surface area (Å²) in [6.45, 7) is 0.733. The molecule has 0 unspecified atom stereocenters. The Balaban J connectivity index is 1.22. The van der Waals surface area contributed by atoms with E-state index in [-0.39, 0.29) is 30.1 Å². The predicted octanol–water partition coefficient (Wildman–Crippen LogP) is 4.26. The number of fused-ring (bicyclic) bond motifs is 1. The number of primary amides is 1. The second-order valence-electron chi connectivity index (χ2n) is 9.65. The number of anilines is 2. The lowest BCUT2D eigenvalue weighted by Gasteiger charge is -2.36. The lowest BCUT2D eigenvalue weighted by molar-refractivity contribution is -0.160. The number of halogens is 2. The third kappa shape index (κ3) is 4.47. The van der Waals surface area contributed by atoms with Gasteiger partial charge in [0.05, 0.1) is 6.20 Å². The molecule has 192 valence electrons. The molecule has 0 saturated heterocycles. The zero-order chi connectivity index (χ0) is 26.4. The summed E-state index contributed by atoms with van der Waals surface area (Å²) in [5.41, 5.74) is 10.9. The number of H-pyrrole nitrogens is 1. The number of rotatable bonds is 6. The molecule has 9 nitrogen and oxygen atoms in total. The number of nitrogens with zero attached hydrogens (tertiary/aromatic N) is 4. The molecule has 0 bridgehead atoms. The van der Waals surface area contributed by atoms with Crippen LogP contribution in [-0.2, 0) is 17.9 Å². The number of aromatic nitrogens is 4. The van der Waals surface area contributed by atoms with Crippen molar-refractivity contribution in [1.82, 2.24) is 25.1 Å². The van der Waals surface area contributed by atoms with E-state index < -0.39 is 17.7 Å². The number of benzene rings is 2. The Kier molecular flexibility index (Phi) is 5.63. The lowest BCUT2D eigenvalue weighted by atomic mass is 9.80. The molecule has 38 heavy (non-hydrogen) atoms. The molecule has 3 heterocycles. The van der Waals surface area contributed by atoms with E-state index >= 15 is 0 Å². The van der Waals surface area contributed by atoms with Crippen molar-refractivity contribution >= 4 is 23.3 Å². The number of hydrogen-bond donors (Lipinski definition) is 3. The summed E-state index contributed by atoms with van der Waals surface area (Å²) in [5.74, 6) is -3.62. The minimum atomic E-state index is -2.73. The van der Waals surface area contributed by atoms with Gasteiger partial charge in [-0.25, -0.2) is 18.7 Å². The van der Waals surface area contributed by atoms with E-state index in [4.69, 9.17) is 5.73 Å². The maximum Gasteiger partial charge on any atom is 0.254 e. The van der Waals surface area contributed by atoms with Gasteiger partial charge in [-0.2, -0.15) is 5.10 Å². The van der Waals surface area contributed by atoms with Crippen LogP contribution in [0.3, 0.4) is 0 Å². The highest BCUT2D eigenvalue weighted by Crippen LogP contribution is 2.44. The molecule has 0 radical (unpaired) electrons. The summed E-state index contributed by atoms with van der Waals surface area (Å²) in [5, 5.41) is 9.89. The lowest BCUT2D eigenvalue weighted by Crippen LogP contribution is -2.45. The monoisotopic (exact) mass is 515 g/mol. The van der Waals surface area contributed by atoms with Crippen LogP contribution in [0.4, 0.5) is 20.3 Å². The van der Waals surface area contributed by atoms with Crippen LogP contribution >= 0.6 is 0 Å². The van der Waals surface area contributed by atoms with E-state index in [9.17, 15) is 18.4 Å². The molecule has 2 amide bonds. The molecule has 1 fully saturated rings. The van der Waals surface area contributed by atoms with Crippen LogP contribution in [0, 0.1) is 5.92 Å². The van der Waals surface area contributed by atoms with Crippen molar-refractivity contribution in [2.45, 2.75) is 31.9 Å². The minimum absolute atomic E-state index is 0.142. The smallest absolute Gasteiger partial charge is 0.254 e. The highest BCUT2D eigenvalue weighted by molar-refractivity contribution is 5.98. The van der Waals surface area contributed by atoms with Crippen molar-refractivity contribution in [3.05, 3.63) is 77.7 Å². The van der Waals surface area contributed by atoms with Crippen molar-refractivity contribution in [3.63, 3.8) is 0 Å². The maximum atomic E-state index is 13.2. The number of amides is 2. The number of nitrogens with two attached hydrogens (primary N) is 1. The first kappa shape index (κ1) is 23.7. The van der Waals surface area contributed by atoms with Gasteiger partial charge in [0.25, 0.3) is 5.91 Å². The van der Waals surface area contributed by atoms with Crippen molar-refractivity contribution in [2.24, 2.45) is 11.7 Å². The molecule has 2 aliphatic rings. The summed E-state index contributed by atoms with van der Waals surface area (Å²) >= 11 is 0. The van der Waals surface area contributed by atoms with E-state index in [0.29, 0.717) is 30.2 Å². The minimum Gasteiger partial charge on any atom is -0.365 e. The van der Waals surface area contributed by atoms with Gasteiger partial charge in [0.15, 0.2) is 5.82 Å². The summed E-state index contributed by atoms with van der Waals surface area (Å²) in [7, 11) is 0. The molecule has 2 aromatic carbocycles. The molecule has 1 saturated carbocycles. The maximum absolute atomic E-state index is 13.2. The van der Waals surface area contributed by atoms with Crippen molar-refractivity contribution in [1.29, 1.82) is 0 Å². The number of hydrogen-bond acceptors (Lipinski definition) is 6. The van der Waals surface area contributed by atoms with Gasteiger partial charge in [0.1, 0.15) is 11.4 Å². The molecule has 6 rings (SSSR count). The van der Waals surface area contributed by atoms with Gasteiger partial charge in [-0.05, 0) is 34.9 Å². The highest BCUT2D eigenvalue weighted by atomic mass is 19.3. The molecule has 4 aromatic rings. The normalized spacial score (nSPS) is 16.1. The van der Waals surface area contributed by atoms with Crippen LogP contribution in [0.5, 0.6) is 0 Å². The standard InChI is InChI=1S/C27H23F2N7O2/c28-27(29)8-19(9-27)26(38)36-13-17-2-1-16(7-18(17)14-36)24-31-12-22(23(30)37)25(35-24)34-21-5-3-15(4-6-21)20-10-32-33-11-20/h1-7,10-12,19H,8-9,13-14H2,(H2,30,37)(H,32,33)(H,31,34,35). The molecule has 1 aliphatic carbocycles. The quantitative estimate of drug-likeness (QED) is 0.352. The summed E-state index contributed by atoms with van der Waals surface area (Å²) < 4.78 is 26.5. The van der Waals surface area contributed by atoms with Crippen LogP contribution in [0.25, 0.3) is 22.5 Å². The van der Waals surface area contributed by atoms with Crippen LogP contribution in [-0.4, -0.2) is 42.8 Å². The zero-order valence-electron chi connectivity index (χ0n) is 20.1. The Morgan fingerprint density at radius 2 is 1.74 bits per heavy atom. The molecular weight excluding hydrogens is 492 g/mol. The number of nitrogens with one attached hydrogen (secondary N) is 2. The highest BCUT2D eigenvalue weighted by Gasteiger charge is 2.50. The van der Waals surface area contributed by atoms with Crippen molar-refractivity contribution in [3.8, 4) is 22.5 Å². The molecule has 0 spiro atoms. The molecule has 2 aromatic heterocycles. The number of carbonyl (C=O) groups is 2. The van der Waals surface area contributed by atoms with Gasteiger partial charge in [-0.3, -0.25) is 14.7 Å². The molecule has 11 heteroatoms. The van der Waals surface area contributed by atoms with Gasteiger partial charge in [0.2, 0.25) is 11.8 Å². The average molecular weight is 516 g/mol. The molecule has 4 N–H and O–H groups in total. The fourth-order valence-corrected chi connectivity index (χ4v) is 4.87. The fourth-order valence-electron chi connectivity index (χ4n) is 4.87. The van der Waals surface area contributed by atoms with E-state index in [0.717, 1.165) is 22.3 Å². The molecule has 1 aliphatic heterocycles. The van der Waals surface area contributed by atoms with E-state index in [2.05, 4.69) is 25.5 Å². The Morgan fingerprint density at radius 3 is 2.42 bits per heavy atom. The van der Waals surface area contributed by atoms with Crippen molar-refractivity contribution < 1.29 is 18.4 Å². The Bertz CT molecular complexity index is 1530. The first-order chi connectivity index (χ1) is 18.3. The Morgan fingerprint density at radius 1 is 1.00 bits per heavy atom. The number of aromatic amines is 1. The van der Waals surface area contributed by atoms with Gasteiger partial charge in [-0.1, -0.05) is 24.3 Å². The largest absolute Gasteiger partial charge is 0.365 e. The Labute approximate surface area is 216 Å². The molecule has 0 atom stereocenters. The topological polar surface area (TPSA) is 130 Å². The van der Waals surface area contributed by atoms with Gasteiger partial charge in [-0.15, -0.1) is 0 Å². The first-order valence-electron chi connectivity index (χ1n) is 12.1. The third-order valence-electron chi connectivity index (χ3n) is 6.97. The van der Waals surface area contributed by atoms with E-state index in [1.807, 2.05) is 42.5 Å². The van der Waals surface area contributed by atoms with Crippen LogP contribution in [0.15, 0.2) is 61.1 Å². The Hall–Kier alpha value is -4.67. The van der Waals surface area contributed by atoms with E-state index in [1.165, 1.54) is 6.20 Å².